The maximum atomic E-state index is 12.5. The lowest BCUT2D eigenvalue weighted by Crippen LogP contribution is -2.42. The summed E-state index contributed by atoms with van der Waals surface area (Å²) in [6, 6.07) is 13.0. The minimum Gasteiger partial charge on any atom is -0.272 e. The van der Waals surface area contributed by atoms with E-state index in [1.165, 1.54) is 19.2 Å². The summed E-state index contributed by atoms with van der Waals surface area (Å²) in [5, 5.41) is 4.62. The summed E-state index contributed by atoms with van der Waals surface area (Å²) >= 11 is 0. The van der Waals surface area contributed by atoms with E-state index in [1.54, 1.807) is 36.4 Å². The van der Waals surface area contributed by atoms with Crippen LogP contribution in [0.3, 0.4) is 0 Å². The first-order chi connectivity index (χ1) is 13.3. The van der Waals surface area contributed by atoms with E-state index in [1.807, 2.05) is 6.92 Å². The van der Waals surface area contributed by atoms with E-state index in [2.05, 4.69) is 15.4 Å². The highest BCUT2D eigenvalue weighted by Crippen LogP contribution is 2.14. The molecule has 2 N–H and O–H groups in total. The van der Waals surface area contributed by atoms with Crippen LogP contribution in [0.1, 0.15) is 29.4 Å². The van der Waals surface area contributed by atoms with Crippen LogP contribution in [0.5, 0.6) is 0 Å². The summed E-state index contributed by atoms with van der Waals surface area (Å²) in [4.78, 5) is 26.8. The Bertz CT molecular complexity index is 1180. The second-order valence-electron chi connectivity index (χ2n) is 6.28. The highest BCUT2D eigenvalue weighted by Gasteiger charge is 2.19. The van der Waals surface area contributed by atoms with E-state index < -0.39 is 15.9 Å². The Balaban J connectivity index is 1.83. The van der Waals surface area contributed by atoms with Gasteiger partial charge in [-0.25, -0.2) is 13.1 Å². The normalized spacial score (nSPS) is 11.5. The molecule has 3 rings (SSSR count). The van der Waals surface area contributed by atoms with Crippen LogP contribution in [-0.2, 0) is 23.5 Å². The number of aryl methyl sites for hydroxylation is 2. The molecule has 0 spiro atoms. The average Bonchev–Trinajstić information content (AvgIpc) is 2.70. The van der Waals surface area contributed by atoms with Crippen LogP contribution in [0, 0.1) is 0 Å². The van der Waals surface area contributed by atoms with Gasteiger partial charge in [0.15, 0.2) is 5.69 Å². The fourth-order valence-corrected chi connectivity index (χ4v) is 3.66. The summed E-state index contributed by atoms with van der Waals surface area (Å²) < 4.78 is 25.9. The van der Waals surface area contributed by atoms with E-state index >= 15 is 0 Å². The van der Waals surface area contributed by atoms with Gasteiger partial charge in [-0.3, -0.25) is 15.0 Å². The van der Waals surface area contributed by atoms with Crippen LogP contribution in [0.25, 0.3) is 10.8 Å². The lowest BCUT2D eigenvalue weighted by atomic mass is 10.1. The number of amides is 1. The zero-order valence-electron chi connectivity index (χ0n) is 15.5. The summed E-state index contributed by atoms with van der Waals surface area (Å²) in [6.45, 7) is 2.04. The first kappa shape index (κ1) is 19.7. The number of hydrogen-bond donors (Lipinski definition) is 2. The highest BCUT2D eigenvalue weighted by molar-refractivity contribution is 7.89. The molecule has 0 aliphatic rings. The minimum absolute atomic E-state index is 0.0333. The number of hydrazine groups is 1. The van der Waals surface area contributed by atoms with E-state index in [-0.39, 0.29) is 16.1 Å². The maximum absolute atomic E-state index is 12.5. The van der Waals surface area contributed by atoms with Crippen molar-refractivity contribution >= 4 is 26.7 Å². The topological polar surface area (TPSA) is 110 Å². The van der Waals surface area contributed by atoms with Crippen molar-refractivity contribution in [2.45, 2.75) is 24.7 Å². The van der Waals surface area contributed by atoms with Crippen LogP contribution in [0.2, 0.25) is 0 Å². The van der Waals surface area contributed by atoms with Gasteiger partial charge < -0.3 is 0 Å². The number of fused-ring (bicyclic) bond motifs is 1. The van der Waals surface area contributed by atoms with Gasteiger partial charge >= 0.3 is 0 Å². The lowest BCUT2D eigenvalue weighted by Gasteiger charge is -2.11. The molecule has 28 heavy (non-hydrogen) atoms. The molecular weight excluding hydrogens is 380 g/mol. The largest absolute Gasteiger partial charge is 0.287 e. The molecular formula is C19H20N4O4S. The molecule has 0 aliphatic heterocycles. The SMILES string of the molecule is CCCc1ccc(S(=O)(=O)NNC(=O)c2nn(C)c(=O)c3ccccc23)cc1. The molecule has 3 aromatic rings. The van der Waals surface area contributed by atoms with E-state index in [0.29, 0.717) is 10.8 Å². The van der Waals surface area contributed by atoms with Gasteiger partial charge in [0.05, 0.1) is 10.3 Å². The number of rotatable bonds is 6. The Kier molecular flexibility index (Phi) is 5.57. The molecule has 8 nitrogen and oxygen atoms in total. The molecule has 0 saturated heterocycles. The third-order valence-electron chi connectivity index (χ3n) is 4.24. The van der Waals surface area contributed by atoms with Gasteiger partial charge in [0.2, 0.25) is 0 Å². The van der Waals surface area contributed by atoms with Crippen molar-refractivity contribution < 1.29 is 13.2 Å². The third kappa shape index (κ3) is 3.95. The van der Waals surface area contributed by atoms with Crippen LogP contribution in [0.4, 0.5) is 0 Å². The molecule has 2 aromatic carbocycles. The van der Waals surface area contributed by atoms with Crippen LogP contribution in [0.15, 0.2) is 58.2 Å². The summed E-state index contributed by atoms with van der Waals surface area (Å²) in [6.07, 6.45) is 1.82. The fraction of sp³-hybridized carbons (Fsp3) is 0.211. The van der Waals surface area contributed by atoms with Crippen LogP contribution < -0.4 is 15.8 Å². The number of carbonyl (C=O) groups is 1. The minimum atomic E-state index is -3.94. The van der Waals surface area contributed by atoms with Crippen molar-refractivity contribution in [3.8, 4) is 0 Å². The van der Waals surface area contributed by atoms with Gasteiger partial charge in [-0.2, -0.15) is 5.10 Å². The Morgan fingerprint density at radius 1 is 1.07 bits per heavy atom. The number of carbonyl (C=O) groups excluding carboxylic acids is 1. The predicted molar refractivity (Wildman–Crippen MR) is 105 cm³/mol. The van der Waals surface area contributed by atoms with Crippen LogP contribution in [-0.4, -0.2) is 24.1 Å². The number of sulfonamides is 1. The molecule has 1 heterocycles. The number of nitrogens with zero attached hydrogens (tertiary/aromatic N) is 2. The quantitative estimate of drug-likeness (QED) is 0.610. The van der Waals surface area contributed by atoms with Crippen molar-refractivity contribution in [2.24, 2.45) is 7.05 Å². The zero-order valence-corrected chi connectivity index (χ0v) is 16.3. The molecule has 0 aliphatic carbocycles. The lowest BCUT2D eigenvalue weighted by molar-refractivity contribution is 0.0940. The van der Waals surface area contributed by atoms with Gasteiger partial charge in [0, 0.05) is 12.4 Å². The highest BCUT2D eigenvalue weighted by atomic mass is 32.2. The van der Waals surface area contributed by atoms with Crippen molar-refractivity contribution in [1.82, 2.24) is 20.0 Å². The Morgan fingerprint density at radius 3 is 2.36 bits per heavy atom. The van der Waals surface area contributed by atoms with Gasteiger partial charge in [-0.05, 0) is 30.2 Å². The maximum Gasteiger partial charge on any atom is 0.287 e. The molecule has 0 saturated carbocycles. The monoisotopic (exact) mass is 400 g/mol. The third-order valence-corrected chi connectivity index (χ3v) is 5.51. The molecule has 1 amide bonds. The molecule has 0 unspecified atom stereocenters. The standard InChI is InChI=1S/C19H20N4O4S/c1-3-6-13-9-11-14(12-10-13)28(26,27)22-20-18(24)17-15-7-4-5-8-16(15)19(25)23(2)21-17/h4-5,7-12,22H,3,6H2,1-2H3,(H,20,24). The summed E-state index contributed by atoms with van der Waals surface area (Å²) in [5.41, 5.74) is 2.79. The zero-order chi connectivity index (χ0) is 20.3. The first-order valence-electron chi connectivity index (χ1n) is 8.70. The molecule has 0 atom stereocenters. The Hall–Kier alpha value is -3.04. The second-order valence-corrected chi connectivity index (χ2v) is 7.96. The van der Waals surface area contributed by atoms with Gasteiger partial charge in [0.1, 0.15) is 0 Å². The van der Waals surface area contributed by atoms with E-state index in [4.69, 9.17) is 0 Å². The van der Waals surface area contributed by atoms with E-state index in [0.717, 1.165) is 23.1 Å². The second kappa shape index (κ2) is 7.91. The molecule has 1 aromatic heterocycles. The van der Waals surface area contributed by atoms with Gasteiger partial charge in [-0.1, -0.05) is 43.7 Å². The van der Waals surface area contributed by atoms with Crippen LogP contribution >= 0.6 is 0 Å². The molecule has 146 valence electrons. The smallest absolute Gasteiger partial charge is 0.272 e. The number of nitrogens with one attached hydrogen (secondary N) is 2. The van der Waals surface area contributed by atoms with Gasteiger partial charge in [0.25, 0.3) is 21.5 Å². The fourth-order valence-electron chi connectivity index (χ4n) is 2.82. The number of benzene rings is 2. The first-order valence-corrected chi connectivity index (χ1v) is 10.2. The predicted octanol–water partition coefficient (Wildman–Crippen LogP) is 1.51. The average molecular weight is 400 g/mol. The molecule has 9 heteroatoms. The summed E-state index contributed by atoms with van der Waals surface area (Å²) in [7, 11) is -2.52. The van der Waals surface area contributed by atoms with Crippen molar-refractivity contribution in [1.29, 1.82) is 0 Å². The van der Waals surface area contributed by atoms with Crippen molar-refractivity contribution in [3.05, 3.63) is 70.1 Å². The summed E-state index contributed by atoms with van der Waals surface area (Å²) in [5.74, 6) is -0.766. The van der Waals surface area contributed by atoms with E-state index in [9.17, 15) is 18.0 Å². The molecule has 0 radical (unpaired) electrons. The number of aromatic nitrogens is 2. The van der Waals surface area contributed by atoms with Crippen molar-refractivity contribution in [2.75, 3.05) is 0 Å². The Labute approximate surface area is 162 Å². The number of hydrogen-bond acceptors (Lipinski definition) is 5. The Morgan fingerprint density at radius 2 is 1.71 bits per heavy atom. The van der Waals surface area contributed by atoms with Crippen molar-refractivity contribution in [3.63, 3.8) is 0 Å². The molecule has 0 fully saturated rings. The molecule has 0 bridgehead atoms. The van der Waals surface area contributed by atoms with Gasteiger partial charge in [-0.15, -0.1) is 4.83 Å².